The number of alkyl halides is 2. The predicted octanol–water partition coefficient (Wildman–Crippen LogP) is 5.50. The van der Waals surface area contributed by atoms with Gasteiger partial charge in [0.1, 0.15) is 29.7 Å². The SMILES string of the molecule is CC(C)c1ccc(-c2ccc(Oc3cc(C(=O)N[C@@]4(C5CCOCC5)CCNC[C@@H]4F)c(F)cc3CN3C[C@@H](F)CC3=O)cc2)nn1. The quantitative estimate of drug-likeness (QED) is 0.315. The van der Waals surface area contributed by atoms with E-state index in [0.29, 0.717) is 50.5 Å². The van der Waals surface area contributed by atoms with Crippen LogP contribution in [-0.2, 0) is 16.1 Å². The fourth-order valence-corrected chi connectivity index (χ4v) is 6.75. The monoisotopic (exact) mass is 651 g/mol. The van der Waals surface area contributed by atoms with Crippen LogP contribution in [0.3, 0.4) is 0 Å². The molecule has 0 radical (unpaired) electrons. The average molecular weight is 652 g/mol. The van der Waals surface area contributed by atoms with Crippen LogP contribution >= 0.6 is 0 Å². The van der Waals surface area contributed by atoms with Crippen LogP contribution in [0, 0.1) is 11.7 Å². The van der Waals surface area contributed by atoms with Crippen LogP contribution in [0.4, 0.5) is 13.2 Å². The van der Waals surface area contributed by atoms with Crippen LogP contribution in [0.2, 0.25) is 0 Å². The Labute approximate surface area is 272 Å². The molecular weight excluding hydrogens is 611 g/mol. The number of carbonyl (C=O) groups is 2. The molecule has 47 heavy (non-hydrogen) atoms. The Bertz CT molecular complexity index is 1580. The zero-order valence-corrected chi connectivity index (χ0v) is 26.6. The molecule has 0 spiro atoms. The smallest absolute Gasteiger partial charge is 0.254 e. The topological polar surface area (TPSA) is 106 Å². The van der Waals surface area contributed by atoms with Crippen molar-refractivity contribution < 1.29 is 32.2 Å². The lowest BCUT2D eigenvalue weighted by molar-refractivity contribution is -0.128. The Morgan fingerprint density at radius 3 is 2.53 bits per heavy atom. The number of nitrogens with zero attached hydrogens (tertiary/aromatic N) is 3. The fourth-order valence-electron chi connectivity index (χ4n) is 6.75. The first-order valence-corrected chi connectivity index (χ1v) is 16.2. The van der Waals surface area contributed by atoms with Gasteiger partial charge >= 0.3 is 0 Å². The van der Waals surface area contributed by atoms with Crippen LogP contribution in [0.5, 0.6) is 11.5 Å². The third kappa shape index (κ3) is 7.13. The van der Waals surface area contributed by atoms with Crippen molar-refractivity contribution in [1.29, 1.82) is 0 Å². The summed E-state index contributed by atoms with van der Waals surface area (Å²) < 4.78 is 57.2. The molecule has 3 saturated heterocycles. The van der Waals surface area contributed by atoms with Crippen molar-refractivity contribution in [1.82, 2.24) is 25.7 Å². The summed E-state index contributed by atoms with van der Waals surface area (Å²) in [5, 5.41) is 14.6. The second kappa shape index (κ2) is 14.0. The van der Waals surface area contributed by atoms with Gasteiger partial charge in [0.25, 0.3) is 5.91 Å². The van der Waals surface area contributed by atoms with E-state index in [2.05, 4.69) is 20.8 Å². The van der Waals surface area contributed by atoms with Gasteiger partial charge in [-0.25, -0.2) is 13.2 Å². The number of amides is 2. The first-order valence-electron chi connectivity index (χ1n) is 16.2. The zero-order valence-electron chi connectivity index (χ0n) is 26.6. The van der Waals surface area contributed by atoms with Gasteiger partial charge in [-0.05, 0) is 86.2 Å². The Balaban J connectivity index is 1.30. The Kier molecular flexibility index (Phi) is 9.79. The van der Waals surface area contributed by atoms with E-state index in [-0.39, 0.29) is 54.8 Å². The van der Waals surface area contributed by atoms with Crippen molar-refractivity contribution in [2.45, 2.75) is 69.9 Å². The number of benzene rings is 2. The number of nitrogens with one attached hydrogen (secondary N) is 2. The maximum atomic E-state index is 15.8. The standard InChI is InChI=1S/C35H40F3N5O4/c1-21(2)29-7-8-30(42-41-29)22-3-5-26(6-4-22)47-31-17-27(28(37)15-23(31)19-43-20-25(36)16-33(43)44)34(45)40-35(11-12-39-18-32(35)38)24-9-13-46-14-10-24/h3-8,15,17,21,24-25,32,39H,9-14,16,18-20H2,1-2H3,(H,40,45)/t25-,32-,35+/m0/s1. The molecule has 250 valence electrons. The van der Waals surface area contributed by atoms with Crippen molar-refractivity contribution in [3.05, 3.63) is 71.2 Å². The molecule has 0 unspecified atom stereocenters. The molecule has 2 amide bonds. The number of ether oxygens (including phenoxy) is 2. The second-order valence-electron chi connectivity index (χ2n) is 12.9. The average Bonchev–Trinajstić information content (AvgIpc) is 3.39. The van der Waals surface area contributed by atoms with Crippen molar-refractivity contribution in [3.8, 4) is 22.8 Å². The van der Waals surface area contributed by atoms with E-state index in [4.69, 9.17) is 9.47 Å². The number of aromatic nitrogens is 2. The number of carbonyl (C=O) groups excluding carboxylic acids is 2. The molecule has 6 rings (SSSR count). The van der Waals surface area contributed by atoms with Crippen LogP contribution < -0.4 is 15.4 Å². The molecule has 0 aliphatic carbocycles. The van der Waals surface area contributed by atoms with Gasteiger partial charge in [0, 0.05) is 37.4 Å². The molecule has 3 aromatic rings. The third-order valence-corrected chi connectivity index (χ3v) is 9.47. The van der Waals surface area contributed by atoms with E-state index in [1.54, 1.807) is 24.3 Å². The number of rotatable bonds is 9. The summed E-state index contributed by atoms with van der Waals surface area (Å²) in [4.78, 5) is 27.5. The molecule has 0 saturated carbocycles. The largest absolute Gasteiger partial charge is 0.457 e. The molecule has 3 aliphatic rings. The molecule has 3 fully saturated rings. The number of hydrogen-bond donors (Lipinski definition) is 2. The Morgan fingerprint density at radius 1 is 1.13 bits per heavy atom. The van der Waals surface area contributed by atoms with Gasteiger partial charge < -0.3 is 25.0 Å². The molecule has 12 heteroatoms. The van der Waals surface area contributed by atoms with Gasteiger partial charge in [-0.1, -0.05) is 13.8 Å². The van der Waals surface area contributed by atoms with Crippen LogP contribution in [-0.4, -0.2) is 77.6 Å². The molecule has 4 heterocycles. The summed E-state index contributed by atoms with van der Waals surface area (Å²) in [6, 6.07) is 13.3. The highest BCUT2D eigenvalue weighted by Crippen LogP contribution is 2.38. The van der Waals surface area contributed by atoms with Crippen molar-refractivity contribution >= 4 is 11.8 Å². The van der Waals surface area contributed by atoms with Gasteiger partial charge in [-0.15, -0.1) is 0 Å². The number of hydrogen-bond acceptors (Lipinski definition) is 7. The maximum Gasteiger partial charge on any atom is 0.254 e. The summed E-state index contributed by atoms with van der Waals surface area (Å²) in [6.45, 7) is 5.38. The summed E-state index contributed by atoms with van der Waals surface area (Å²) in [5.41, 5.74) is 1.14. The predicted molar refractivity (Wildman–Crippen MR) is 169 cm³/mol. The van der Waals surface area contributed by atoms with Crippen molar-refractivity contribution in [3.63, 3.8) is 0 Å². The van der Waals surface area contributed by atoms with E-state index in [0.717, 1.165) is 17.3 Å². The summed E-state index contributed by atoms with van der Waals surface area (Å²) in [7, 11) is 0. The minimum atomic E-state index is -1.37. The molecule has 9 nitrogen and oxygen atoms in total. The first-order chi connectivity index (χ1) is 22.6. The van der Waals surface area contributed by atoms with E-state index < -0.39 is 35.5 Å². The molecule has 2 aromatic carbocycles. The minimum Gasteiger partial charge on any atom is -0.457 e. The van der Waals surface area contributed by atoms with Crippen LogP contribution in [0.1, 0.15) is 67.1 Å². The lowest BCUT2D eigenvalue weighted by atomic mass is 9.71. The van der Waals surface area contributed by atoms with Crippen LogP contribution in [0.15, 0.2) is 48.5 Å². The Morgan fingerprint density at radius 2 is 1.89 bits per heavy atom. The van der Waals surface area contributed by atoms with Crippen molar-refractivity contribution in [2.24, 2.45) is 5.92 Å². The molecule has 0 bridgehead atoms. The highest BCUT2D eigenvalue weighted by atomic mass is 19.1. The number of piperidine rings is 1. The van der Waals surface area contributed by atoms with Crippen molar-refractivity contribution in [2.75, 3.05) is 32.8 Å². The fraction of sp³-hybridized carbons (Fsp3) is 0.486. The number of halogens is 3. The molecule has 1 aromatic heterocycles. The van der Waals surface area contributed by atoms with Gasteiger partial charge in [-0.2, -0.15) is 10.2 Å². The van der Waals surface area contributed by atoms with E-state index in [1.165, 1.54) is 11.0 Å². The normalized spacial score (nSPS) is 23.7. The third-order valence-electron chi connectivity index (χ3n) is 9.47. The maximum absolute atomic E-state index is 15.8. The van der Waals surface area contributed by atoms with Gasteiger partial charge in [-0.3, -0.25) is 9.59 Å². The second-order valence-corrected chi connectivity index (χ2v) is 12.9. The zero-order chi connectivity index (χ0) is 33.1. The summed E-state index contributed by atoms with van der Waals surface area (Å²) in [5.74, 6) is -1.40. The lowest BCUT2D eigenvalue weighted by Gasteiger charge is -2.47. The van der Waals surface area contributed by atoms with Gasteiger partial charge in [0.2, 0.25) is 5.91 Å². The summed E-state index contributed by atoms with van der Waals surface area (Å²) in [6.07, 6.45) is -1.41. The minimum absolute atomic E-state index is 0.0797. The first kappa shape index (κ1) is 32.9. The van der Waals surface area contributed by atoms with E-state index >= 15 is 8.78 Å². The highest BCUT2D eigenvalue weighted by Gasteiger charge is 2.49. The van der Waals surface area contributed by atoms with Gasteiger partial charge in [0.05, 0.1) is 35.5 Å². The lowest BCUT2D eigenvalue weighted by Crippen LogP contribution is -2.66. The Hall–Kier alpha value is -4.03. The van der Waals surface area contributed by atoms with Crippen LogP contribution in [0.25, 0.3) is 11.3 Å². The molecule has 2 N–H and O–H groups in total. The van der Waals surface area contributed by atoms with Gasteiger partial charge in [0.15, 0.2) is 0 Å². The molecule has 3 atom stereocenters. The highest BCUT2D eigenvalue weighted by molar-refractivity contribution is 5.95. The van der Waals surface area contributed by atoms with E-state index in [1.807, 2.05) is 26.0 Å². The summed E-state index contributed by atoms with van der Waals surface area (Å²) >= 11 is 0. The molecule has 3 aliphatic heterocycles. The van der Waals surface area contributed by atoms with E-state index in [9.17, 15) is 14.0 Å². The molecular formula is C35H40F3N5O4. The number of likely N-dealkylation sites (tertiary alicyclic amines) is 1.